The minimum Gasteiger partial charge on any atom is -0.363 e. The summed E-state index contributed by atoms with van der Waals surface area (Å²) in [6.07, 6.45) is 10.9. The largest absolute Gasteiger partial charge is 0.363 e. The molecule has 1 aliphatic carbocycles. The van der Waals surface area contributed by atoms with Gasteiger partial charge in [-0.2, -0.15) is 0 Å². The number of hydrogen-bond donors (Lipinski definition) is 2. The van der Waals surface area contributed by atoms with Gasteiger partial charge in [0.05, 0.1) is 0 Å². The molecule has 0 aliphatic heterocycles. The van der Waals surface area contributed by atoms with Gasteiger partial charge in [-0.15, -0.1) is 0 Å². The smallest absolute Gasteiger partial charge is 0.166 e. The van der Waals surface area contributed by atoms with Crippen molar-refractivity contribution in [3.63, 3.8) is 0 Å². The summed E-state index contributed by atoms with van der Waals surface area (Å²) in [5.41, 5.74) is 0. The first kappa shape index (κ1) is 13.8. The Morgan fingerprint density at radius 2 is 1.81 bits per heavy atom. The molecule has 0 aromatic heterocycles. The van der Waals surface area contributed by atoms with Crippen molar-refractivity contribution >= 4 is 17.3 Å². The average Bonchev–Trinajstić information content (AvgIpc) is 2.31. The zero-order valence-corrected chi connectivity index (χ0v) is 11.4. The number of hydrogen-bond acceptors (Lipinski definition) is 1. The van der Waals surface area contributed by atoms with Gasteiger partial charge < -0.3 is 10.6 Å². The molecule has 0 aromatic carbocycles. The molecule has 0 atom stereocenters. The van der Waals surface area contributed by atoms with Crippen molar-refractivity contribution in [3.8, 4) is 0 Å². The van der Waals surface area contributed by atoms with E-state index in [1.807, 2.05) is 0 Å². The van der Waals surface area contributed by atoms with Crippen LogP contribution in [0.3, 0.4) is 0 Å². The molecule has 2 N–H and O–H groups in total. The second-order valence-electron chi connectivity index (χ2n) is 4.83. The summed E-state index contributed by atoms with van der Waals surface area (Å²) in [6.45, 7) is 4.25. The number of thiocarbonyl (C=S) groups is 1. The predicted molar refractivity (Wildman–Crippen MR) is 74.7 cm³/mol. The van der Waals surface area contributed by atoms with E-state index in [4.69, 9.17) is 12.2 Å². The topological polar surface area (TPSA) is 24.1 Å². The molecule has 94 valence electrons. The van der Waals surface area contributed by atoms with Crippen LogP contribution in [-0.4, -0.2) is 18.2 Å². The highest BCUT2D eigenvalue weighted by atomic mass is 32.1. The SMILES string of the molecule is CCCCNC(=S)NCCC1CCCCC1. The summed E-state index contributed by atoms with van der Waals surface area (Å²) in [5.74, 6) is 0.944. The van der Waals surface area contributed by atoms with Crippen molar-refractivity contribution in [3.05, 3.63) is 0 Å². The molecule has 0 bridgehead atoms. The molecule has 3 heteroatoms. The van der Waals surface area contributed by atoms with Crippen molar-refractivity contribution in [2.24, 2.45) is 5.92 Å². The molecular formula is C13H26N2S. The summed E-state index contributed by atoms with van der Waals surface area (Å²) in [7, 11) is 0. The standard InChI is InChI=1S/C13H26N2S/c1-2-3-10-14-13(16)15-11-9-12-7-5-4-6-8-12/h12H,2-11H2,1H3,(H2,14,15,16). The van der Waals surface area contributed by atoms with Crippen molar-refractivity contribution in [1.82, 2.24) is 10.6 Å². The molecule has 1 aliphatic rings. The van der Waals surface area contributed by atoms with Crippen LogP contribution >= 0.6 is 12.2 Å². The Balaban J connectivity index is 1.94. The third-order valence-electron chi connectivity index (χ3n) is 3.38. The molecule has 0 unspecified atom stereocenters. The highest BCUT2D eigenvalue weighted by Crippen LogP contribution is 2.25. The molecule has 0 spiro atoms. The Labute approximate surface area is 106 Å². The van der Waals surface area contributed by atoms with Crippen LogP contribution in [0.2, 0.25) is 0 Å². The lowest BCUT2D eigenvalue weighted by molar-refractivity contribution is 0.339. The van der Waals surface area contributed by atoms with Gasteiger partial charge in [0.15, 0.2) is 5.11 Å². The first-order valence-electron chi connectivity index (χ1n) is 6.84. The van der Waals surface area contributed by atoms with Crippen LogP contribution < -0.4 is 10.6 Å². The Kier molecular flexibility index (Phi) is 7.56. The third-order valence-corrected chi connectivity index (χ3v) is 3.67. The van der Waals surface area contributed by atoms with E-state index in [9.17, 15) is 0 Å². The van der Waals surface area contributed by atoms with E-state index in [0.29, 0.717) is 0 Å². The number of nitrogens with one attached hydrogen (secondary N) is 2. The van der Waals surface area contributed by atoms with Gasteiger partial charge in [0.25, 0.3) is 0 Å². The summed E-state index contributed by atoms with van der Waals surface area (Å²) in [4.78, 5) is 0. The lowest BCUT2D eigenvalue weighted by atomic mass is 9.87. The van der Waals surface area contributed by atoms with Crippen LogP contribution in [0.25, 0.3) is 0 Å². The van der Waals surface area contributed by atoms with E-state index in [1.165, 1.54) is 51.4 Å². The lowest BCUT2D eigenvalue weighted by Gasteiger charge is -2.21. The van der Waals surface area contributed by atoms with Gasteiger partial charge in [-0.25, -0.2) is 0 Å². The van der Waals surface area contributed by atoms with E-state index >= 15 is 0 Å². The van der Waals surface area contributed by atoms with Crippen molar-refractivity contribution in [1.29, 1.82) is 0 Å². The lowest BCUT2D eigenvalue weighted by Crippen LogP contribution is -2.36. The van der Waals surface area contributed by atoms with E-state index in [1.54, 1.807) is 0 Å². The van der Waals surface area contributed by atoms with Crippen LogP contribution in [0, 0.1) is 5.92 Å². The number of unbranched alkanes of at least 4 members (excludes halogenated alkanes) is 1. The molecule has 2 nitrogen and oxygen atoms in total. The normalized spacial score (nSPS) is 17.1. The molecular weight excluding hydrogens is 216 g/mol. The average molecular weight is 242 g/mol. The summed E-state index contributed by atoms with van der Waals surface area (Å²) in [6, 6.07) is 0. The fourth-order valence-corrected chi connectivity index (χ4v) is 2.51. The maximum Gasteiger partial charge on any atom is 0.166 e. The van der Waals surface area contributed by atoms with Gasteiger partial charge in [0, 0.05) is 13.1 Å². The van der Waals surface area contributed by atoms with Crippen molar-refractivity contribution in [2.45, 2.75) is 58.3 Å². The molecule has 1 fully saturated rings. The second kappa shape index (κ2) is 8.80. The molecule has 1 saturated carbocycles. The molecule has 0 saturated heterocycles. The Bertz CT molecular complexity index is 188. The van der Waals surface area contributed by atoms with Crippen LogP contribution in [0.5, 0.6) is 0 Å². The maximum absolute atomic E-state index is 5.21. The maximum atomic E-state index is 5.21. The minimum absolute atomic E-state index is 0.837. The van der Waals surface area contributed by atoms with E-state index in [-0.39, 0.29) is 0 Å². The highest BCUT2D eigenvalue weighted by Gasteiger charge is 2.12. The van der Waals surface area contributed by atoms with E-state index in [0.717, 1.165) is 24.1 Å². The minimum atomic E-state index is 0.837. The van der Waals surface area contributed by atoms with Gasteiger partial charge in [-0.05, 0) is 31.0 Å². The fourth-order valence-electron chi connectivity index (χ4n) is 2.31. The van der Waals surface area contributed by atoms with Crippen LogP contribution in [0.15, 0.2) is 0 Å². The van der Waals surface area contributed by atoms with Crippen LogP contribution in [0.4, 0.5) is 0 Å². The monoisotopic (exact) mass is 242 g/mol. The highest BCUT2D eigenvalue weighted by molar-refractivity contribution is 7.80. The van der Waals surface area contributed by atoms with Gasteiger partial charge in [0.1, 0.15) is 0 Å². The molecule has 0 amide bonds. The van der Waals surface area contributed by atoms with Crippen molar-refractivity contribution < 1.29 is 0 Å². The molecule has 0 radical (unpaired) electrons. The van der Waals surface area contributed by atoms with Gasteiger partial charge in [-0.1, -0.05) is 45.4 Å². The number of rotatable bonds is 6. The zero-order valence-electron chi connectivity index (χ0n) is 10.6. The molecule has 0 heterocycles. The predicted octanol–water partition coefficient (Wildman–Crippen LogP) is 3.22. The van der Waals surface area contributed by atoms with Gasteiger partial charge >= 0.3 is 0 Å². The fraction of sp³-hybridized carbons (Fsp3) is 0.923. The van der Waals surface area contributed by atoms with Gasteiger partial charge in [0.2, 0.25) is 0 Å². The Hall–Kier alpha value is -0.310. The first-order chi connectivity index (χ1) is 7.83. The first-order valence-corrected chi connectivity index (χ1v) is 7.25. The third kappa shape index (κ3) is 6.31. The van der Waals surface area contributed by atoms with Crippen LogP contribution in [0.1, 0.15) is 58.3 Å². The van der Waals surface area contributed by atoms with E-state index < -0.39 is 0 Å². The second-order valence-corrected chi connectivity index (χ2v) is 5.24. The summed E-state index contributed by atoms with van der Waals surface area (Å²) in [5, 5.41) is 7.39. The Morgan fingerprint density at radius 1 is 1.12 bits per heavy atom. The molecule has 16 heavy (non-hydrogen) atoms. The summed E-state index contributed by atoms with van der Waals surface area (Å²) >= 11 is 5.21. The zero-order chi connectivity index (χ0) is 11.6. The summed E-state index contributed by atoms with van der Waals surface area (Å²) < 4.78 is 0. The van der Waals surface area contributed by atoms with E-state index in [2.05, 4.69) is 17.6 Å². The van der Waals surface area contributed by atoms with Crippen molar-refractivity contribution in [2.75, 3.05) is 13.1 Å². The quantitative estimate of drug-likeness (QED) is 0.552. The molecule has 1 rings (SSSR count). The van der Waals surface area contributed by atoms with Crippen LogP contribution in [-0.2, 0) is 0 Å². The Morgan fingerprint density at radius 3 is 2.50 bits per heavy atom. The molecule has 0 aromatic rings. The van der Waals surface area contributed by atoms with Gasteiger partial charge in [-0.3, -0.25) is 0 Å².